The molecule has 0 unspecified atom stereocenters. The van der Waals surface area contributed by atoms with Crippen LogP contribution in [0.5, 0.6) is 0 Å². The van der Waals surface area contributed by atoms with E-state index in [0.29, 0.717) is 5.92 Å². The zero-order valence-corrected chi connectivity index (χ0v) is 11.2. The molecule has 0 aliphatic rings. The van der Waals surface area contributed by atoms with Gasteiger partial charge in [-0.05, 0) is 37.8 Å². The van der Waals surface area contributed by atoms with Crippen molar-refractivity contribution in [1.82, 2.24) is 0 Å². The predicted octanol–water partition coefficient (Wildman–Crippen LogP) is 2.83. The number of hydrogen-bond donors (Lipinski definition) is 2. The summed E-state index contributed by atoms with van der Waals surface area (Å²) in [5.74, 6) is -0.0549. The lowest BCUT2D eigenvalue weighted by atomic mass is 9.97. The molecule has 3 nitrogen and oxygen atoms in total. The molecule has 0 heterocycles. The topological polar surface area (TPSA) is 49.3 Å². The van der Waals surface area contributed by atoms with E-state index in [1.54, 1.807) is 0 Å². The lowest BCUT2D eigenvalue weighted by molar-refractivity contribution is -0.130. The molecular weight excluding hydrogens is 214 g/mol. The van der Waals surface area contributed by atoms with Crippen molar-refractivity contribution < 1.29 is 9.90 Å². The van der Waals surface area contributed by atoms with Crippen LogP contribution in [-0.4, -0.2) is 16.6 Å². The van der Waals surface area contributed by atoms with Crippen molar-refractivity contribution in [3.05, 3.63) is 29.3 Å². The normalized spacial score (nSPS) is 11.7. The van der Waals surface area contributed by atoms with E-state index >= 15 is 0 Å². The summed E-state index contributed by atoms with van der Waals surface area (Å²) in [5, 5.41) is 12.5. The first-order valence-electron chi connectivity index (χ1n) is 5.87. The van der Waals surface area contributed by atoms with E-state index in [0.717, 1.165) is 16.8 Å². The van der Waals surface area contributed by atoms with Crippen molar-refractivity contribution >= 4 is 11.6 Å². The van der Waals surface area contributed by atoms with Crippen LogP contribution in [0.15, 0.2) is 18.2 Å². The monoisotopic (exact) mass is 235 g/mol. The van der Waals surface area contributed by atoms with Crippen LogP contribution in [0.3, 0.4) is 0 Å². The number of aliphatic hydroxyl groups is 1. The number of hydrogen-bond acceptors (Lipinski definition) is 2. The average molecular weight is 235 g/mol. The minimum atomic E-state index is -1.36. The van der Waals surface area contributed by atoms with Crippen LogP contribution in [-0.2, 0) is 4.79 Å². The van der Waals surface area contributed by atoms with Gasteiger partial charge in [-0.1, -0.05) is 32.0 Å². The van der Waals surface area contributed by atoms with E-state index in [4.69, 9.17) is 0 Å². The molecule has 1 aromatic carbocycles. The van der Waals surface area contributed by atoms with Gasteiger partial charge in [-0.3, -0.25) is 4.79 Å². The molecule has 0 atom stereocenters. The van der Waals surface area contributed by atoms with Gasteiger partial charge in [-0.25, -0.2) is 0 Å². The number of nitrogens with one attached hydrogen (secondary N) is 1. The Morgan fingerprint density at radius 3 is 2.41 bits per heavy atom. The lowest BCUT2D eigenvalue weighted by Crippen LogP contribution is -2.37. The fourth-order valence-corrected chi connectivity index (χ4v) is 1.61. The van der Waals surface area contributed by atoms with E-state index in [9.17, 15) is 9.90 Å². The van der Waals surface area contributed by atoms with Crippen molar-refractivity contribution in [1.29, 1.82) is 0 Å². The van der Waals surface area contributed by atoms with Gasteiger partial charge in [0.15, 0.2) is 0 Å². The number of rotatable bonds is 3. The number of anilines is 1. The number of carbonyl (C=O) groups excluding carboxylic acids is 1. The number of aryl methyl sites for hydroxylation is 1. The molecule has 0 bridgehead atoms. The highest BCUT2D eigenvalue weighted by Crippen LogP contribution is 2.27. The minimum absolute atomic E-state index is 0.326. The van der Waals surface area contributed by atoms with Crippen molar-refractivity contribution in [3.63, 3.8) is 0 Å². The summed E-state index contributed by atoms with van der Waals surface area (Å²) < 4.78 is 0. The maximum atomic E-state index is 11.8. The SMILES string of the molecule is Cc1cccc(C(C)C)c1NC(=O)C(C)(C)O. The number of carbonyl (C=O) groups is 1. The summed E-state index contributed by atoms with van der Waals surface area (Å²) >= 11 is 0. The molecule has 1 amide bonds. The molecule has 3 heteroatoms. The van der Waals surface area contributed by atoms with Gasteiger partial charge >= 0.3 is 0 Å². The standard InChI is InChI=1S/C14H21NO2/c1-9(2)11-8-6-7-10(3)12(11)15-13(16)14(4,5)17/h6-9,17H,1-5H3,(H,15,16). The van der Waals surface area contributed by atoms with Gasteiger partial charge in [-0.2, -0.15) is 0 Å². The molecule has 0 fully saturated rings. The van der Waals surface area contributed by atoms with Crippen LogP contribution in [0.4, 0.5) is 5.69 Å². The summed E-state index contributed by atoms with van der Waals surface area (Å²) in [6.07, 6.45) is 0. The van der Waals surface area contributed by atoms with Gasteiger partial charge in [0.1, 0.15) is 5.60 Å². The molecule has 0 spiro atoms. The van der Waals surface area contributed by atoms with Crippen LogP contribution in [0.25, 0.3) is 0 Å². The Balaban J connectivity index is 3.10. The molecule has 0 saturated carbocycles. The molecule has 1 aromatic rings. The Kier molecular flexibility index (Phi) is 3.94. The van der Waals surface area contributed by atoms with E-state index in [2.05, 4.69) is 19.2 Å². The molecular formula is C14H21NO2. The number of amides is 1. The highest BCUT2D eigenvalue weighted by atomic mass is 16.3. The molecule has 0 aromatic heterocycles. The van der Waals surface area contributed by atoms with Gasteiger partial charge in [0.2, 0.25) is 0 Å². The van der Waals surface area contributed by atoms with E-state index < -0.39 is 5.60 Å². The van der Waals surface area contributed by atoms with Crippen LogP contribution in [0.2, 0.25) is 0 Å². The van der Waals surface area contributed by atoms with Crippen molar-refractivity contribution in [2.24, 2.45) is 0 Å². The first-order valence-corrected chi connectivity index (χ1v) is 5.87. The number of benzene rings is 1. The second kappa shape index (κ2) is 4.88. The predicted molar refractivity (Wildman–Crippen MR) is 70.2 cm³/mol. The Morgan fingerprint density at radius 2 is 1.94 bits per heavy atom. The quantitative estimate of drug-likeness (QED) is 0.846. The molecule has 0 radical (unpaired) electrons. The third-order valence-electron chi connectivity index (χ3n) is 2.72. The highest BCUT2D eigenvalue weighted by molar-refractivity contribution is 5.97. The maximum Gasteiger partial charge on any atom is 0.255 e. The molecule has 17 heavy (non-hydrogen) atoms. The molecule has 0 saturated heterocycles. The van der Waals surface area contributed by atoms with Crippen molar-refractivity contribution in [2.45, 2.75) is 46.1 Å². The largest absolute Gasteiger partial charge is 0.381 e. The molecule has 94 valence electrons. The maximum absolute atomic E-state index is 11.8. The van der Waals surface area contributed by atoms with Gasteiger partial charge in [0, 0.05) is 5.69 Å². The molecule has 0 aliphatic carbocycles. The summed E-state index contributed by atoms with van der Waals surface area (Å²) in [6.45, 7) is 9.07. The van der Waals surface area contributed by atoms with E-state index in [1.165, 1.54) is 13.8 Å². The first kappa shape index (κ1) is 13.7. The van der Waals surface area contributed by atoms with Crippen LogP contribution in [0, 0.1) is 6.92 Å². The third kappa shape index (κ3) is 3.30. The van der Waals surface area contributed by atoms with E-state index in [1.807, 2.05) is 25.1 Å². The Hall–Kier alpha value is -1.35. The molecule has 1 rings (SSSR count). The van der Waals surface area contributed by atoms with Crippen molar-refractivity contribution in [3.8, 4) is 0 Å². The summed E-state index contributed by atoms with van der Waals surface area (Å²) in [5.41, 5.74) is 1.54. The highest BCUT2D eigenvalue weighted by Gasteiger charge is 2.25. The lowest BCUT2D eigenvalue weighted by Gasteiger charge is -2.21. The fraction of sp³-hybridized carbons (Fsp3) is 0.500. The van der Waals surface area contributed by atoms with Crippen molar-refractivity contribution in [2.75, 3.05) is 5.32 Å². The Morgan fingerprint density at radius 1 is 1.35 bits per heavy atom. The second-order valence-electron chi connectivity index (χ2n) is 5.21. The third-order valence-corrected chi connectivity index (χ3v) is 2.72. The van der Waals surface area contributed by atoms with Crippen LogP contribution in [0.1, 0.15) is 44.7 Å². The zero-order valence-electron chi connectivity index (χ0n) is 11.2. The van der Waals surface area contributed by atoms with E-state index in [-0.39, 0.29) is 5.91 Å². The second-order valence-corrected chi connectivity index (χ2v) is 5.21. The number of para-hydroxylation sites is 1. The van der Waals surface area contributed by atoms with Crippen LogP contribution >= 0.6 is 0 Å². The van der Waals surface area contributed by atoms with Crippen LogP contribution < -0.4 is 5.32 Å². The Bertz CT molecular complexity index is 417. The smallest absolute Gasteiger partial charge is 0.255 e. The molecule has 0 aliphatic heterocycles. The zero-order chi connectivity index (χ0) is 13.2. The minimum Gasteiger partial charge on any atom is -0.381 e. The fourth-order valence-electron chi connectivity index (χ4n) is 1.61. The summed E-state index contributed by atoms with van der Waals surface area (Å²) in [7, 11) is 0. The van der Waals surface area contributed by atoms with Gasteiger partial charge < -0.3 is 10.4 Å². The summed E-state index contributed by atoms with van der Waals surface area (Å²) in [6, 6.07) is 5.92. The van der Waals surface area contributed by atoms with Gasteiger partial charge in [0.25, 0.3) is 5.91 Å². The van der Waals surface area contributed by atoms with Gasteiger partial charge in [0.05, 0.1) is 0 Å². The summed E-state index contributed by atoms with van der Waals surface area (Å²) in [4.78, 5) is 11.8. The Labute approximate surface area is 103 Å². The molecule has 2 N–H and O–H groups in total. The van der Waals surface area contributed by atoms with Gasteiger partial charge in [-0.15, -0.1) is 0 Å². The average Bonchev–Trinajstić information content (AvgIpc) is 2.18. The first-order chi connectivity index (χ1) is 7.73.